The van der Waals surface area contributed by atoms with Crippen LogP contribution in [-0.4, -0.2) is 33.3 Å². The summed E-state index contributed by atoms with van der Waals surface area (Å²) in [7, 11) is 0. The number of nitriles is 1. The Morgan fingerprint density at radius 2 is 1.97 bits per heavy atom. The van der Waals surface area contributed by atoms with Crippen molar-refractivity contribution in [3.8, 4) is 6.07 Å². The average Bonchev–Trinajstić information content (AvgIpc) is 2.88. The second-order valence-electron chi connectivity index (χ2n) is 9.31. The smallest absolute Gasteiger partial charge is 0.251 e. The van der Waals surface area contributed by atoms with E-state index in [0.717, 1.165) is 47.2 Å². The Morgan fingerprint density at radius 3 is 2.77 bits per heavy atom. The predicted molar refractivity (Wildman–Crippen MR) is 137 cm³/mol. The Morgan fingerprint density at radius 1 is 1.17 bits per heavy atom. The predicted octanol–water partition coefficient (Wildman–Crippen LogP) is 2.99. The lowest BCUT2D eigenvalue weighted by Crippen LogP contribution is -2.42. The number of anilines is 1. The Kier molecular flexibility index (Phi) is 6.86. The SMILES string of the molecule is N#Cc1ccc2ccc(=O)n(C[C@H](N)C3CCC(NCc4ccc5c(n4)NC(=O)CS5)CC3)c2c1. The summed E-state index contributed by atoms with van der Waals surface area (Å²) in [5.41, 5.74) is 8.72. The van der Waals surface area contributed by atoms with Crippen LogP contribution in [0.4, 0.5) is 5.82 Å². The third-order valence-corrected chi connectivity index (χ3v) is 8.04. The molecule has 1 amide bonds. The van der Waals surface area contributed by atoms with Crippen molar-refractivity contribution in [1.82, 2.24) is 14.9 Å². The van der Waals surface area contributed by atoms with Crippen LogP contribution in [-0.2, 0) is 17.9 Å². The van der Waals surface area contributed by atoms with Gasteiger partial charge >= 0.3 is 0 Å². The summed E-state index contributed by atoms with van der Waals surface area (Å²) in [6.45, 7) is 1.10. The minimum Gasteiger partial charge on any atom is -0.326 e. The highest BCUT2D eigenvalue weighted by molar-refractivity contribution is 8.00. The topological polar surface area (TPSA) is 126 Å². The molecule has 2 aromatic heterocycles. The van der Waals surface area contributed by atoms with E-state index in [4.69, 9.17) is 5.73 Å². The minimum atomic E-state index is -0.131. The van der Waals surface area contributed by atoms with Crippen LogP contribution in [0.3, 0.4) is 0 Å². The molecule has 0 spiro atoms. The van der Waals surface area contributed by atoms with Crippen molar-refractivity contribution in [3.63, 3.8) is 0 Å². The first-order valence-electron chi connectivity index (χ1n) is 12.0. The molecule has 9 heteroatoms. The van der Waals surface area contributed by atoms with Crippen LogP contribution in [0.2, 0.25) is 0 Å². The van der Waals surface area contributed by atoms with Gasteiger partial charge in [-0.3, -0.25) is 9.59 Å². The molecular formula is C26H28N6O2S. The molecule has 1 aliphatic carbocycles. The zero-order valence-corrected chi connectivity index (χ0v) is 20.2. The zero-order chi connectivity index (χ0) is 24.4. The van der Waals surface area contributed by atoms with Crippen LogP contribution in [0, 0.1) is 17.2 Å². The Bertz CT molecular complexity index is 1360. The summed E-state index contributed by atoms with van der Waals surface area (Å²) in [5.74, 6) is 1.42. The van der Waals surface area contributed by atoms with Gasteiger partial charge in [-0.05, 0) is 67.3 Å². The second kappa shape index (κ2) is 10.2. The fourth-order valence-corrected chi connectivity index (χ4v) is 5.77. The monoisotopic (exact) mass is 488 g/mol. The van der Waals surface area contributed by atoms with Crippen LogP contribution >= 0.6 is 11.8 Å². The number of hydrogen-bond acceptors (Lipinski definition) is 7. The van der Waals surface area contributed by atoms with E-state index in [2.05, 4.69) is 21.7 Å². The number of hydrogen-bond donors (Lipinski definition) is 3. The van der Waals surface area contributed by atoms with E-state index in [9.17, 15) is 14.9 Å². The molecule has 0 unspecified atom stereocenters. The maximum atomic E-state index is 12.6. The molecule has 1 fully saturated rings. The van der Waals surface area contributed by atoms with Crippen LogP contribution in [0.1, 0.15) is 36.9 Å². The van der Waals surface area contributed by atoms with Gasteiger partial charge in [-0.15, -0.1) is 11.8 Å². The number of benzene rings is 1. The van der Waals surface area contributed by atoms with Crippen molar-refractivity contribution in [1.29, 1.82) is 5.26 Å². The Hall–Kier alpha value is -3.19. The third-order valence-electron chi connectivity index (χ3n) is 7.00. The van der Waals surface area contributed by atoms with E-state index in [1.807, 2.05) is 18.2 Å². The van der Waals surface area contributed by atoms with Crippen molar-refractivity contribution < 1.29 is 4.79 Å². The van der Waals surface area contributed by atoms with E-state index >= 15 is 0 Å². The normalized spacial score (nSPS) is 20.6. The van der Waals surface area contributed by atoms with Crippen LogP contribution in [0.15, 0.2) is 52.2 Å². The number of amides is 1. The molecule has 2 aliphatic rings. The minimum absolute atomic E-state index is 0.00830. The standard InChI is InChI=1S/C26H28N6O2S/c27-12-16-1-2-18-5-10-25(34)32(22(18)11-16)14-21(28)17-3-6-19(7-4-17)29-13-20-8-9-23-26(30-20)31-24(33)15-35-23/h1-2,5,8-11,17,19,21,29H,3-4,6-7,13-15,28H2,(H,30,31,33)/t17?,19?,21-/m0/s1. The Balaban J connectivity index is 1.17. The highest BCUT2D eigenvalue weighted by Crippen LogP contribution is 2.30. The first kappa shape index (κ1) is 23.5. The molecule has 0 radical (unpaired) electrons. The van der Waals surface area contributed by atoms with E-state index in [1.165, 1.54) is 11.8 Å². The molecule has 35 heavy (non-hydrogen) atoms. The fourth-order valence-electron chi connectivity index (χ4n) is 5.01. The Labute approximate surface area is 207 Å². The highest BCUT2D eigenvalue weighted by atomic mass is 32.2. The van der Waals surface area contributed by atoms with Gasteiger partial charge in [-0.2, -0.15) is 5.26 Å². The van der Waals surface area contributed by atoms with Gasteiger partial charge in [-0.25, -0.2) is 4.98 Å². The molecule has 1 aromatic carbocycles. The summed E-state index contributed by atoms with van der Waals surface area (Å²) >= 11 is 1.52. The molecule has 1 aliphatic heterocycles. The molecule has 4 N–H and O–H groups in total. The highest BCUT2D eigenvalue weighted by Gasteiger charge is 2.26. The molecule has 3 aromatic rings. The number of carbonyl (C=O) groups excluding carboxylic acids is 1. The number of nitrogens with one attached hydrogen (secondary N) is 2. The molecule has 180 valence electrons. The lowest BCUT2D eigenvalue weighted by molar-refractivity contribution is -0.113. The van der Waals surface area contributed by atoms with Crippen molar-refractivity contribution in [3.05, 3.63) is 64.1 Å². The number of fused-ring (bicyclic) bond motifs is 2. The van der Waals surface area contributed by atoms with Crippen molar-refractivity contribution in [2.45, 2.75) is 55.8 Å². The van der Waals surface area contributed by atoms with Gasteiger partial charge in [0.25, 0.3) is 5.56 Å². The van der Waals surface area contributed by atoms with Crippen LogP contribution in [0.5, 0.6) is 0 Å². The van der Waals surface area contributed by atoms with Crippen molar-refractivity contribution in [2.75, 3.05) is 11.1 Å². The number of nitrogens with two attached hydrogens (primary N) is 1. The maximum absolute atomic E-state index is 12.6. The lowest BCUT2D eigenvalue weighted by atomic mass is 9.81. The molecule has 8 nitrogen and oxygen atoms in total. The van der Waals surface area contributed by atoms with Gasteiger partial charge in [0, 0.05) is 31.2 Å². The molecule has 0 saturated heterocycles. The maximum Gasteiger partial charge on any atom is 0.251 e. The summed E-state index contributed by atoms with van der Waals surface area (Å²) < 4.78 is 1.71. The number of carbonyl (C=O) groups is 1. The second-order valence-corrected chi connectivity index (χ2v) is 10.3. The number of nitrogens with zero attached hydrogens (tertiary/aromatic N) is 3. The molecule has 3 heterocycles. The number of thioether (sulfide) groups is 1. The third kappa shape index (κ3) is 5.25. The van der Waals surface area contributed by atoms with Crippen LogP contribution < -0.4 is 21.9 Å². The van der Waals surface area contributed by atoms with Crippen molar-refractivity contribution in [2.24, 2.45) is 11.7 Å². The number of rotatable bonds is 6. The summed E-state index contributed by atoms with van der Waals surface area (Å²) in [6, 6.07) is 15.2. The van der Waals surface area contributed by atoms with E-state index in [0.29, 0.717) is 42.2 Å². The van der Waals surface area contributed by atoms with Gasteiger partial charge in [0.05, 0.1) is 33.5 Å². The summed E-state index contributed by atoms with van der Waals surface area (Å²) in [5, 5.41) is 16.6. The summed E-state index contributed by atoms with van der Waals surface area (Å²) in [6.07, 6.45) is 4.01. The molecule has 5 rings (SSSR count). The zero-order valence-electron chi connectivity index (χ0n) is 19.4. The molecular weight excluding hydrogens is 460 g/mol. The van der Waals surface area contributed by atoms with E-state index < -0.39 is 0 Å². The average molecular weight is 489 g/mol. The van der Waals surface area contributed by atoms with Crippen LogP contribution in [0.25, 0.3) is 10.9 Å². The largest absolute Gasteiger partial charge is 0.326 e. The van der Waals surface area contributed by atoms with Gasteiger partial charge in [0.1, 0.15) is 5.82 Å². The van der Waals surface area contributed by atoms with Gasteiger partial charge in [0.15, 0.2) is 0 Å². The first-order valence-corrected chi connectivity index (χ1v) is 12.9. The molecule has 0 bridgehead atoms. The first-order chi connectivity index (χ1) is 17.0. The number of aromatic nitrogens is 2. The molecule has 1 atom stereocenters. The van der Waals surface area contributed by atoms with Crippen molar-refractivity contribution >= 4 is 34.4 Å². The van der Waals surface area contributed by atoms with Gasteiger partial charge in [0.2, 0.25) is 5.91 Å². The van der Waals surface area contributed by atoms with E-state index in [1.54, 1.807) is 28.8 Å². The fraction of sp³-hybridized carbons (Fsp3) is 0.385. The van der Waals surface area contributed by atoms with Gasteiger partial charge < -0.3 is 20.9 Å². The lowest BCUT2D eigenvalue weighted by Gasteiger charge is -2.33. The quantitative estimate of drug-likeness (QED) is 0.487. The van der Waals surface area contributed by atoms with Gasteiger partial charge in [-0.1, -0.05) is 6.07 Å². The molecule has 1 saturated carbocycles. The summed E-state index contributed by atoms with van der Waals surface area (Å²) in [4.78, 5) is 29.8. The number of pyridine rings is 2. The van der Waals surface area contributed by atoms with E-state index in [-0.39, 0.29) is 17.5 Å².